The molecule has 2 aliphatic rings. The zero-order valence-corrected chi connectivity index (χ0v) is 12.7. The van der Waals surface area contributed by atoms with E-state index in [1.54, 1.807) is 18.3 Å². The number of nitrogens with zero attached hydrogens (tertiary/aromatic N) is 2. The lowest BCUT2D eigenvalue weighted by molar-refractivity contribution is -0.127. The molecule has 2 saturated heterocycles. The summed E-state index contributed by atoms with van der Waals surface area (Å²) in [5.41, 5.74) is 0.506. The molecule has 2 aliphatic heterocycles. The monoisotopic (exact) mass is 305 g/mol. The molecule has 6 heteroatoms. The molecular formula is C16H23N3O3. The average Bonchev–Trinajstić information content (AvgIpc) is 3.04. The highest BCUT2D eigenvalue weighted by molar-refractivity contribution is 5.82. The number of nitrogens with one attached hydrogen (secondary N) is 1. The first-order valence-corrected chi connectivity index (χ1v) is 8.00. The van der Waals surface area contributed by atoms with Gasteiger partial charge in [-0.25, -0.2) is 0 Å². The fourth-order valence-corrected chi connectivity index (χ4v) is 3.38. The summed E-state index contributed by atoms with van der Waals surface area (Å²) in [4.78, 5) is 18.9. The van der Waals surface area contributed by atoms with E-state index in [-0.39, 0.29) is 24.2 Å². The average molecular weight is 305 g/mol. The smallest absolute Gasteiger partial charge is 0.237 e. The summed E-state index contributed by atoms with van der Waals surface area (Å²) < 4.78 is 5.41. The number of amides is 1. The summed E-state index contributed by atoms with van der Waals surface area (Å²) in [5.74, 6) is 0.157. The number of pyridine rings is 1. The van der Waals surface area contributed by atoms with Crippen LogP contribution in [0.1, 0.15) is 31.4 Å². The van der Waals surface area contributed by atoms with Crippen molar-refractivity contribution in [1.29, 1.82) is 0 Å². The van der Waals surface area contributed by atoms with E-state index < -0.39 is 0 Å². The van der Waals surface area contributed by atoms with E-state index in [1.807, 2.05) is 0 Å². The van der Waals surface area contributed by atoms with Crippen LogP contribution in [0.5, 0.6) is 5.75 Å². The van der Waals surface area contributed by atoms with Gasteiger partial charge in [-0.05, 0) is 44.4 Å². The zero-order valence-electron chi connectivity index (χ0n) is 12.7. The van der Waals surface area contributed by atoms with Crippen LogP contribution >= 0.6 is 0 Å². The van der Waals surface area contributed by atoms with Crippen LogP contribution in [0, 0.1) is 0 Å². The highest BCUT2D eigenvalue weighted by Crippen LogP contribution is 2.25. The van der Waals surface area contributed by atoms with Crippen LogP contribution in [-0.4, -0.2) is 52.7 Å². The van der Waals surface area contributed by atoms with Gasteiger partial charge in [-0.2, -0.15) is 0 Å². The van der Waals surface area contributed by atoms with Crippen molar-refractivity contribution in [2.24, 2.45) is 0 Å². The third-order valence-electron chi connectivity index (χ3n) is 4.55. The molecule has 120 valence electrons. The van der Waals surface area contributed by atoms with Gasteiger partial charge in [0.25, 0.3) is 0 Å². The van der Waals surface area contributed by atoms with Gasteiger partial charge in [0.1, 0.15) is 11.4 Å². The Morgan fingerprint density at radius 3 is 3.00 bits per heavy atom. The molecule has 22 heavy (non-hydrogen) atoms. The summed E-state index contributed by atoms with van der Waals surface area (Å²) in [6, 6.07) is 3.65. The fourth-order valence-electron chi connectivity index (χ4n) is 3.38. The number of aromatic nitrogens is 1. The molecule has 0 bridgehead atoms. The fraction of sp³-hybridized carbons (Fsp3) is 0.625. The molecule has 0 aromatic carbocycles. The van der Waals surface area contributed by atoms with Gasteiger partial charge in [0.2, 0.25) is 5.91 Å². The topological polar surface area (TPSA) is 74.7 Å². The minimum absolute atomic E-state index is 0.0362. The molecule has 0 aliphatic carbocycles. The van der Waals surface area contributed by atoms with Crippen LogP contribution < -0.4 is 5.32 Å². The molecule has 2 fully saturated rings. The van der Waals surface area contributed by atoms with E-state index >= 15 is 0 Å². The van der Waals surface area contributed by atoms with Gasteiger partial charge in [-0.3, -0.25) is 14.7 Å². The third-order valence-corrected chi connectivity index (χ3v) is 4.55. The van der Waals surface area contributed by atoms with Crippen LogP contribution in [0.4, 0.5) is 0 Å². The molecule has 1 atom stereocenters. The molecule has 0 radical (unpaired) electrons. The summed E-state index contributed by atoms with van der Waals surface area (Å²) >= 11 is 0. The second-order valence-electron chi connectivity index (χ2n) is 5.93. The number of rotatable bonds is 4. The standard InChI is InChI=1S/C16H23N3O3/c20-15-4-1-7-17-13(15)11-18-16(21)14-3-2-8-19(14)12-5-9-22-10-6-12/h1,4,7,12,14,20H,2-3,5-6,8-11H2,(H,18,21)/t14-/m1/s1. The van der Waals surface area contributed by atoms with Crippen molar-refractivity contribution in [1.82, 2.24) is 15.2 Å². The van der Waals surface area contributed by atoms with E-state index in [4.69, 9.17) is 4.74 Å². The summed E-state index contributed by atoms with van der Waals surface area (Å²) in [7, 11) is 0. The Hall–Kier alpha value is -1.66. The molecule has 1 amide bonds. The second-order valence-corrected chi connectivity index (χ2v) is 5.93. The number of hydrogen-bond donors (Lipinski definition) is 2. The summed E-state index contributed by atoms with van der Waals surface area (Å²) in [6.45, 7) is 2.83. The Morgan fingerprint density at radius 2 is 2.23 bits per heavy atom. The van der Waals surface area contributed by atoms with Crippen LogP contribution in [0.25, 0.3) is 0 Å². The van der Waals surface area contributed by atoms with E-state index in [2.05, 4.69) is 15.2 Å². The molecule has 3 heterocycles. The predicted molar refractivity (Wildman–Crippen MR) is 81.3 cm³/mol. The van der Waals surface area contributed by atoms with E-state index in [1.165, 1.54) is 0 Å². The van der Waals surface area contributed by atoms with Crippen molar-refractivity contribution in [3.8, 4) is 5.75 Å². The number of carbonyl (C=O) groups excluding carboxylic acids is 1. The third kappa shape index (κ3) is 3.39. The Labute approximate surface area is 130 Å². The minimum Gasteiger partial charge on any atom is -0.506 e. The SMILES string of the molecule is O=C(NCc1ncccc1O)[C@H]1CCCN1C1CCOCC1. The maximum Gasteiger partial charge on any atom is 0.237 e. The van der Waals surface area contributed by atoms with Crippen LogP contribution in [0.2, 0.25) is 0 Å². The van der Waals surface area contributed by atoms with Gasteiger partial charge < -0.3 is 15.2 Å². The van der Waals surface area contributed by atoms with Crippen molar-refractivity contribution < 1.29 is 14.6 Å². The molecule has 3 rings (SSSR count). The van der Waals surface area contributed by atoms with Crippen LogP contribution in [-0.2, 0) is 16.1 Å². The van der Waals surface area contributed by atoms with Gasteiger partial charge >= 0.3 is 0 Å². The lowest BCUT2D eigenvalue weighted by Gasteiger charge is -2.34. The Bertz CT molecular complexity index is 517. The van der Waals surface area contributed by atoms with Crippen molar-refractivity contribution in [2.45, 2.75) is 44.3 Å². The molecular weight excluding hydrogens is 282 g/mol. The maximum absolute atomic E-state index is 12.5. The lowest BCUT2D eigenvalue weighted by atomic mass is 10.1. The normalized spacial score (nSPS) is 23.5. The van der Waals surface area contributed by atoms with Crippen LogP contribution in [0.3, 0.4) is 0 Å². The van der Waals surface area contributed by atoms with E-state index in [0.717, 1.165) is 45.4 Å². The van der Waals surface area contributed by atoms with Crippen molar-refractivity contribution in [3.05, 3.63) is 24.0 Å². The number of aromatic hydroxyl groups is 1. The molecule has 1 aromatic rings. The second kappa shape index (κ2) is 7.07. The molecule has 0 spiro atoms. The van der Waals surface area contributed by atoms with E-state index in [9.17, 15) is 9.90 Å². The minimum atomic E-state index is -0.0612. The summed E-state index contributed by atoms with van der Waals surface area (Å²) in [6.07, 6.45) is 5.59. The predicted octanol–water partition coefficient (Wildman–Crippen LogP) is 1.05. The molecule has 0 saturated carbocycles. The highest BCUT2D eigenvalue weighted by atomic mass is 16.5. The first-order valence-electron chi connectivity index (χ1n) is 8.00. The number of carbonyl (C=O) groups is 1. The maximum atomic E-state index is 12.5. The zero-order chi connectivity index (χ0) is 15.4. The van der Waals surface area contributed by atoms with Gasteiger partial charge in [-0.15, -0.1) is 0 Å². The first-order chi connectivity index (χ1) is 10.8. The van der Waals surface area contributed by atoms with Gasteiger partial charge in [0.15, 0.2) is 0 Å². The van der Waals surface area contributed by atoms with Crippen LogP contribution in [0.15, 0.2) is 18.3 Å². The molecule has 1 aromatic heterocycles. The van der Waals surface area contributed by atoms with Crippen molar-refractivity contribution >= 4 is 5.91 Å². The number of ether oxygens (including phenoxy) is 1. The highest BCUT2D eigenvalue weighted by Gasteiger charge is 2.35. The number of likely N-dealkylation sites (tertiary alicyclic amines) is 1. The van der Waals surface area contributed by atoms with Gasteiger partial charge in [0.05, 0.1) is 12.6 Å². The van der Waals surface area contributed by atoms with E-state index in [0.29, 0.717) is 11.7 Å². The van der Waals surface area contributed by atoms with Crippen molar-refractivity contribution in [3.63, 3.8) is 0 Å². The molecule has 6 nitrogen and oxygen atoms in total. The lowest BCUT2D eigenvalue weighted by Crippen LogP contribution is -2.49. The quantitative estimate of drug-likeness (QED) is 0.869. The Balaban J connectivity index is 1.57. The Morgan fingerprint density at radius 1 is 1.41 bits per heavy atom. The van der Waals surface area contributed by atoms with Gasteiger partial charge in [-0.1, -0.05) is 0 Å². The summed E-state index contributed by atoms with van der Waals surface area (Å²) in [5, 5.41) is 12.6. The Kier molecular flexibility index (Phi) is 4.90. The van der Waals surface area contributed by atoms with Crippen molar-refractivity contribution in [2.75, 3.05) is 19.8 Å². The largest absolute Gasteiger partial charge is 0.506 e. The first kappa shape index (κ1) is 15.2. The molecule has 2 N–H and O–H groups in total. The molecule has 0 unspecified atom stereocenters. The van der Waals surface area contributed by atoms with Gasteiger partial charge in [0, 0.05) is 25.5 Å². The number of hydrogen-bond acceptors (Lipinski definition) is 5.